The van der Waals surface area contributed by atoms with Crippen molar-refractivity contribution < 1.29 is 14.8 Å². The summed E-state index contributed by atoms with van der Waals surface area (Å²) in [6, 6.07) is 6.91. The van der Waals surface area contributed by atoms with Crippen LogP contribution in [0, 0.1) is 10.1 Å². The first-order valence-electron chi connectivity index (χ1n) is 9.45. The van der Waals surface area contributed by atoms with Crippen molar-refractivity contribution in [1.29, 1.82) is 0 Å². The molecule has 3 rings (SSSR count). The van der Waals surface area contributed by atoms with Gasteiger partial charge in [0.2, 0.25) is 0 Å². The van der Waals surface area contributed by atoms with E-state index in [4.69, 9.17) is 0 Å². The Labute approximate surface area is 164 Å². The highest BCUT2D eigenvalue weighted by atomic mass is 16.6. The summed E-state index contributed by atoms with van der Waals surface area (Å²) in [7, 11) is 0. The number of rotatable bonds is 6. The summed E-state index contributed by atoms with van der Waals surface area (Å²) < 4.78 is 0. The minimum Gasteiger partial charge on any atom is -0.478 e. The number of carboxylic acid groups (broad SMARTS) is 1. The molecule has 8 nitrogen and oxygen atoms in total. The van der Waals surface area contributed by atoms with Crippen molar-refractivity contribution in [3.63, 3.8) is 0 Å². The predicted molar refractivity (Wildman–Crippen MR) is 106 cm³/mol. The van der Waals surface area contributed by atoms with E-state index >= 15 is 0 Å². The van der Waals surface area contributed by atoms with E-state index in [0.29, 0.717) is 12.1 Å². The number of benzene rings is 1. The highest BCUT2D eigenvalue weighted by Crippen LogP contribution is 2.25. The van der Waals surface area contributed by atoms with Crippen LogP contribution in [0.1, 0.15) is 19.4 Å². The maximum Gasteiger partial charge on any atom is 0.335 e. The minimum absolute atomic E-state index is 0.106. The van der Waals surface area contributed by atoms with Crippen molar-refractivity contribution in [1.82, 2.24) is 14.7 Å². The number of carbonyl (C=O) groups is 1. The molecule has 0 aliphatic carbocycles. The maximum atomic E-state index is 11.7. The maximum absolute atomic E-state index is 11.7. The van der Waals surface area contributed by atoms with Crippen molar-refractivity contribution in [2.75, 3.05) is 26.2 Å². The van der Waals surface area contributed by atoms with Crippen LogP contribution < -0.4 is 0 Å². The lowest BCUT2D eigenvalue weighted by Crippen LogP contribution is -2.57. The molecule has 150 valence electrons. The number of hydrogen-bond donors (Lipinski definition) is 1. The largest absolute Gasteiger partial charge is 0.478 e. The number of carboxylic acids is 1. The van der Waals surface area contributed by atoms with Gasteiger partial charge in [0.15, 0.2) is 0 Å². The Balaban J connectivity index is 1.66. The average molecular weight is 386 g/mol. The standard InChI is InChI=1S/C20H26N4O4/c1-15(2)23-8-4-7-18(20(25)26)19(23)22-11-9-21(10-12-22)14-16-5-3-6-17(13-16)24(27)28/h3-8,13,15,19H,9-12,14H2,1-2H3,(H,25,26). The highest BCUT2D eigenvalue weighted by molar-refractivity contribution is 5.88. The first kappa shape index (κ1) is 20.0. The fraction of sp³-hybridized carbons (Fsp3) is 0.450. The second-order valence-corrected chi connectivity index (χ2v) is 7.42. The molecule has 0 saturated carbocycles. The number of non-ortho nitro benzene ring substituents is 1. The molecular formula is C20H26N4O4. The van der Waals surface area contributed by atoms with Crippen molar-refractivity contribution in [3.8, 4) is 0 Å². The number of nitrogens with zero attached hydrogens (tertiary/aromatic N) is 4. The summed E-state index contributed by atoms with van der Waals surface area (Å²) in [5, 5.41) is 20.6. The Hall–Kier alpha value is -2.71. The third-order valence-electron chi connectivity index (χ3n) is 5.22. The number of hydrogen-bond acceptors (Lipinski definition) is 6. The molecule has 28 heavy (non-hydrogen) atoms. The molecule has 0 bridgehead atoms. The molecule has 8 heteroatoms. The van der Waals surface area contributed by atoms with Gasteiger partial charge in [-0.1, -0.05) is 12.1 Å². The molecule has 1 fully saturated rings. The second-order valence-electron chi connectivity index (χ2n) is 7.42. The zero-order valence-electron chi connectivity index (χ0n) is 16.2. The van der Waals surface area contributed by atoms with Gasteiger partial charge in [-0.2, -0.15) is 0 Å². The van der Waals surface area contributed by atoms with Gasteiger partial charge in [0.1, 0.15) is 6.17 Å². The first-order valence-corrected chi connectivity index (χ1v) is 9.45. The van der Waals surface area contributed by atoms with Crippen LogP contribution in [-0.2, 0) is 11.3 Å². The quantitative estimate of drug-likeness (QED) is 0.592. The summed E-state index contributed by atoms with van der Waals surface area (Å²) in [6.07, 6.45) is 5.15. The number of nitro groups is 1. The topological polar surface area (TPSA) is 90.2 Å². The van der Waals surface area contributed by atoms with E-state index in [1.165, 1.54) is 6.07 Å². The van der Waals surface area contributed by atoms with E-state index in [2.05, 4.69) is 28.5 Å². The molecule has 1 N–H and O–H groups in total. The molecule has 0 radical (unpaired) electrons. The van der Waals surface area contributed by atoms with E-state index in [9.17, 15) is 20.0 Å². The second kappa shape index (κ2) is 8.53. The van der Waals surface area contributed by atoms with Crippen LogP contribution in [0.4, 0.5) is 5.69 Å². The molecule has 0 spiro atoms. The van der Waals surface area contributed by atoms with Crippen LogP contribution in [0.3, 0.4) is 0 Å². The molecule has 1 atom stereocenters. The van der Waals surface area contributed by atoms with Crippen LogP contribution in [0.25, 0.3) is 0 Å². The third kappa shape index (κ3) is 4.40. The average Bonchev–Trinajstić information content (AvgIpc) is 2.68. The van der Waals surface area contributed by atoms with Crippen LogP contribution in [0.2, 0.25) is 0 Å². The summed E-state index contributed by atoms with van der Waals surface area (Å²) in [5.74, 6) is -0.890. The van der Waals surface area contributed by atoms with E-state index in [-0.39, 0.29) is 22.8 Å². The van der Waals surface area contributed by atoms with Crippen molar-refractivity contribution in [2.45, 2.75) is 32.6 Å². The fourth-order valence-electron chi connectivity index (χ4n) is 3.79. The zero-order chi connectivity index (χ0) is 20.3. The summed E-state index contributed by atoms with van der Waals surface area (Å²) in [4.78, 5) is 28.9. The molecule has 1 aromatic rings. The van der Waals surface area contributed by atoms with Crippen molar-refractivity contribution in [2.24, 2.45) is 0 Å². The highest BCUT2D eigenvalue weighted by Gasteiger charge is 2.35. The van der Waals surface area contributed by atoms with Crippen LogP contribution >= 0.6 is 0 Å². The van der Waals surface area contributed by atoms with Gasteiger partial charge in [-0.25, -0.2) is 4.79 Å². The Kier molecular flexibility index (Phi) is 6.11. The van der Waals surface area contributed by atoms with E-state index in [1.54, 1.807) is 24.3 Å². The first-order chi connectivity index (χ1) is 13.4. The number of piperazine rings is 1. The Morgan fingerprint density at radius 2 is 2.00 bits per heavy atom. The Bertz CT molecular complexity index is 797. The van der Waals surface area contributed by atoms with Crippen LogP contribution in [-0.4, -0.2) is 69.1 Å². The molecule has 1 unspecified atom stereocenters. The predicted octanol–water partition coefficient (Wildman–Crippen LogP) is 2.29. The van der Waals surface area contributed by atoms with Gasteiger partial charge in [0.05, 0.1) is 10.5 Å². The lowest BCUT2D eigenvalue weighted by Gasteiger charge is -2.46. The monoisotopic (exact) mass is 386 g/mol. The van der Waals surface area contributed by atoms with Crippen LogP contribution in [0.5, 0.6) is 0 Å². The lowest BCUT2D eigenvalue weighted by atomic mass is 10.0. The summed E-state index contributed by atoms with van der Waals surface area (Å²) in [5.41, 5.74) is 1.41. The van der Waals surface area contributed by atoms with Crippen LogP contribution in [0.15, 0.2) is 48.2 Å². The van der Waals surface area contributed by atoms with Gasteiger partial charge in [0, 0.05) is 57.1 Å². The number of aliphatic carboxylic acids is 1. The van der Waals surface area contributed by atoms with E-state index in [1.807, 2.05) is 12.3 Å². The Morgan fingerprint density at radius 1 is 1.29 bits per heavy atom. The van der Waals surface area contributed by atoms with Gasteiger partial charge >= 0.3 is 5.97 Å². The van der Waals surface area contributed by atoms with Gasteiger partial charge in [0.25, 0.3) is 5.69 Å². The fourth-order valence-corrected chi connectivity index (χ4v) is 3.79. The van der Waals surface area contributed by atoms with Gasteiger partial charge in [-0.05, 0) is 31.6 Å². The molecule has 2 heterocycles. The molecule has 0 amide bonds. The number of allylic oxidation sites excluding steroid dienone is 2. The van der Waals surface area contributed by atoms with Gasteiger partial charge in [-0.15, -0.1) is 0 Å². The molecule has 0 aromatic heterocycles. The van der Waals surface area contributed by atoms with E-state index < -0.39 is 5.97 Å². The van der Waals surface area contributed by atoms with Crippen molar-refractivity contribution in [3.05, 3.63) is 63.9 Å². The summed E-state index contributed by atoms with van der Waals surface area (Å²) >= 11 is 0. The SMILES string of the molecule is CC(C)N1C=CC=C(C(=O)O)C1N1CCN(Cc2cccc([N+](=O)[O-])c2)CC1. The molecule has 2 aliphatic rings. The molecular weight excluding hydrogens is 360 g/mol. The molecule has 2 aliphatic heterocycles. The smallest absolute Gasteiger partial charge is 0.335 e. The third-order valence-corrected chi connectivity index (χ3v) is 5.22. The lowest BCUT2D eigenvalue weighted by molar-refractivity contribution is -0.384. The normalized spacial score (nSPS) is 21.0. The minimum atomic E-state index is -0.890. The zero-order valence-corrected chi connectivity index (χ0v) is 16.2. The van der Waals surface area contributed by atoms with Crippen molar-refractivity contribution >= 4 is 11.7 Å². The summed E-state index contributed by atoms with van der Waals surface area (Å²) in [6.45, 7) is 7.79. The molecule has 1 saturated heterocycles. The van der Waals surface area contributed by atoms with Gasteiger partial charge in [-0.3, -0.25) is 19.9 Å². The van der Waals surface area contributed by atoms with E-state index in [0.717, 1.165) is 31.7 Å². The van der Waals surface area contributed by atoms with Gasteiger partial charge < -0.3 is 10.0 Å². The molecule has 1 aromatic carbocycles. The number of nitro benzene ring substituents is 1. The Morgan fingerprint density at radius 3 is 2.61 bits per heavy atom.